The van der Waals surface area contributed by atoms with Crippen LogP contribution in [0.25, 0.3) is 11.5 Å². The highest BCUT2D eigenvalue weighted by Gasteiger charge is 2.31. The second-order valence-electron chi connectivity index (χ2n) is 6.24. The van der Waals surface area contributed by atoms with E-state index in [1.165, 1.54) is 0 Å². The van der Waals surface area contributed by atoms with Crippen LogP contribution in [-0.4, -0.2) is 35.9 Å². The van der Waals surface area contributed by atoms with E-state index in [2.05, 4.69) is 21.2 Å². The summed E-state index contributed by atoms with van der Waals surface area (Å²) in [7, 11) is 3.33. The Morgan fingerprint density at radius 2 is 2.15 bits per heavy atom. The predicted octanol–water partition coefficient (Wildman–Crippen LogP) is 4.15. The molecule has 136 valence electrons. The van der Waals surface area contributed by atoms with Crippen molar-refractivity contribution < 1.29 is 13.9 Å². The Labute approximate surface area is 156 Å². The van der Waals surface area contributed by atoms with Crippen LogP contribution >= 0.6 is 11.3 Å². The second-order valence-corrected chi connectivity index (χ2v) is 7.02. The van der Waals surface area contributed by atoms with Crippen molar-refractivity contribution in [3.05, 3.63) is 46.5 Å². The molecule has 1 aliphatic rings. The second kappa shape index (κ2) is 7.47. The zero-order valence-electron chi connectivity index (χ0n) is 14.8. The fourth-order valence-corrected chi connectivity index (χ4v) is 4.09. The monoisotopic (exact) mass is 371 g/mol. The molecule has 0 N–H and O–H groups in total. The van der Waals surface area contributed by atoms with Crippen molar-refractivity contribution >= 4 is 11.3 Å². The van der Waals surface area contributed by atoms with Crippen molar-refractivity contribution in [2.24, 2.45) is 0 Å². The van der Waals surface area contributed by atoms with Crippen molar-refractivity contribution in [3.8, 4) is 23.0 Å². The third-order valence-corrected chi connectivity index (χ3v) is 5.40. The lowest BCUT2D eigenvalue weighted by atomic mass is 10.1. The molecule has 1 aliphatic heterocycles. The molecule has 3 aromatic rings. The predicted molar refractivity (Wildman–Crippen MR) is 99.5 cm³/mol. The van der Waals surface area contributed by atoms with Gasteiger partial charge in [0.25, 0.3) is 0 Å². The molecule has 2 aromatic heterocycles. The van der Waals surface area contributed by atoms with Crippen molar-refractivity contribution in [2.45, 2.75) is 25.4 Å². The molecule has 0 aliphatic carbocycles. The Kier molecular flexibility index (Phi) is 4.90. The van der Waals surface area contributed by atoms with Gasteiger partial charge in [0.2, 0.25) is 11.8 Å². The molecular weight excluding hydrogens is 350 g/mol. The Hall–Kier alpha value is -2.38. The Bertz CT molecular complexity index is 863. The minimum absolute atomic E-state index is 0.130. The van der Waals surface area contributed by atoms with Crippen molar-refractivity contribution in [2.75, 3.05) is 20.8 Å². The van der Waals surface area contributed by atoms with Crippen LogP contribution in [0.3, 0.4) is 0 Å². The van der Waals surface area contributed by atoms with E-state index >= 15 is 0 Å². The first-order valence-corrected chi connectivity index (χ1v) is 9.54. The van der Waals surface area contributed by atoms with Crippen LogP contribution in [0, 0.1) is 0 Å². The minimum Gasteiger partial charge on any atom is -0.493 e. The summed E-state index contributed by atoms with van der Waals surface area (Å²) in [6, 6.07) is 8.10. The molecule has 0 amide bonds. The van der Waals surface area contributed by atoms with Gasteiger partial charge >= 0.3 is 0 Å². The standard InChI is InChI=1S/C19H21N3O3S/c1-23-16-7-3-5-13(17(16)24-2)11-22-9-4-6-15(22)19-21-20-18(25-19)14-8-10-26-12-14/h3,5,7-8,10,12,15H,4,6,9,11H2,1-2H3. The maximum atomic E-state index is 5.97. The van der Waals surface area contributed by atoms with Crippen molar-refractivity contribution in [1.82, 2.24) is 15.1 Å². The minimum atomic E-state index is 0.130. The lowest BCUT2D eigenvalue weighted by molar-refractivity contribution is 0.212. The molecule has 1 atom stereocenters. The third-order valence-electron chi connectivity index (χ3n) is 4.72. The number of thiophene rings is 1. The lowest BCUT2D eigenvalue weighted by Gasteiger charge is -2.23. The van der Waals surface area contributed by atoms with Gasteiger partial charge in [-0.3, -0.25) is 4.90 Å². The molecule has 0 bridgehead atoms. The van der Waals surface area contributed by atoms with Crippen LogP contribution < -0.4 is 9.47 Å². The van der Waals surface area contributed by atoms with Gasteiger partial charge in [0.15, 0.2) is 11.5 Å². The first kappa shape index (κ1) is 17.1. The van der Waals surface area contributed by atoms with Gasteiger partial charge in [-0.15, -0.1) is 10.2 Å². The van der Waals surface area contributed by atoms with Gasteiger partial charge in [-0.1, -0.05) is 12.1 Å². The molecule has 0 saturated carbocycles. The SMILES string of the molecule is COc1cccc(CN2CCCC2c2nnc(-c3ccsc3)o2)c1OC. The van der Waals surface area contributed by atoms with E-state index in [1.54, 1.807) is 25.6 Å². The van der Waals surface area contributed by atoms with Gasteiger partial charge in [-0.25, -0.2) is 0 Å². The highest BCUT2D eigenvalue weighted by Crippen LogP contribution is 2.37. The van der Waals surface area contributed by atoms with E-state index in [-0.39, 0.29) is 6.04 Å². The Balaban J connectivity index is 1.56. The highest BCUT2D eigenvalue weighted by atomic mass is 32.1. The zero-order valence-corrected chi connectivity index (χ0v) is 15.7. The zero-order chi connectivity index (χ0) is 17.9. The number of rotatable bonds is 6. The number of hydrogen-bond donors (Lipinski definition) is 0. The molecule has 1 fully saturated rings. The fraction of sp³-hybridized carbons (Fsp3) is 0.368. The number of para-hydroxylation sites is 1. The van der Waals surface area contributed by atoms with Gasteiger partial charge in [-0.05, 0) is 36.9 Å². The molecule has 3 heterocycles. The number of benzene rings is 1. The first-order valence-electron chi connectivity index (χ1n) is 8.60. The van der Waals surface area contributed by atoms with E-state index in [4.69, 9.17) is 13.9 Å². The van der Waals surface area contributed by atoms with Gasteiger partial charge in [-0.2, -0.15) is 11.3 Å². The Morgan fingerprint density at radius 3 is 2.92 bits per heavy atom. The summed E-state index contributed by atoms with van der Waals surface area (Å²) in [6.07, 6.45) is 2.12. The van der Waals surface area contributed by atoms with Crippen LogP contribution in [0.1, 0.15) is 30.3 Å². The summed E-state index contributed by atoms with van der Waals surface area (Å²) < 4.78 is 17.0. The number of aromatic nitrogens is 2. The van der Waals surface area contributed by atoms with Crippen LogP contribution in [0.15, 0.2) is 39.4 Å². The van der Waals surface area contributed by atoms with E-state index < -0.39 is 0 Å². The molecule has 7 heteroatoms. The van der Waals surface area contributed by atoms with Crippen LogP contribution in [0.2, 0.25) is 0 Å². The van der Waals surface area contributed by atoms with Gasteiger partial charge in [0.1, 0.15) is 0 Å². The molecule has 1 saturated heterocycles. The van der Waals surface area contributed by atoms with E-state index in [0.29, 0.717) is 11.8 Å². The van der Waals surface area contributed by atoms with E-state index in [0.717, 1.165) is 48.6 Å². The number of nitrogens with zero attached hydrogens (tertiary/aromatic N) is 3. The summed E-state index contributed by atoms with van der Waals surface area (Å²) in [5.74, 6) is 2.81. The largest absolute Gasteiger partial charge is 0.493 e. The molecule has 6 nitrogen and oxygen atoms in total. The summed E-state index contributed by atoms with van der Waals surface area (Å²) in [4.78, 5) is 2.36. The van der Waals surface area contributed by atoms with Crippen molar-refractivity contribution in [3.63, 3.8) is 0 Å². The molecule has 0 radical (unpaired) electrons. The van der Waals surface area contributed by atoms with Gasteiger partial charge in [0.05, 0.1) is 20.3 Å². The average molecular weight is 371 g/mol. The van der Waals surface area contributed by atoms with Gasteiger partial charge < -0.3 is 13.9 Å². The smallest absolute Gasteiger partial charge is 0.248 e. The average Bonchev–Trinajstić information content (AvgIpc) is 3.41. The maximum Gasteiger partial charge on any atom is 0.248 e. The normalized spacial score (nSPS) is 17.5. The van der Waals surface area contributed by atoms with E-state index in [1.807, 2.05) is 29.0 Å². The number of likely N-dealkylation sites (tertiary alicyclic amines) is 1. The van der Waals surface area contributed by atoms with Crippen LogP contribution in [-0.2, 0) is 6.54 Å². The van der Waals surface area contributed by atoms with Crippen LogP contribution in [0.5, 0.6) is 11.5 Å². The molecule has 4 rings (SSSR count). The molecule has 26 heavy (non-hydrogen) atoms. The topological polar surface area (TPSA) is 60.6 Å². The summed E-state index contributed by atoms with van der Waals surface area (Å²) in [5, 5.41) is 12.6. The quantitative estimate of drug-likeness (QED) is 0.649. The third kappa shape index (κ3) is 3.20. The number of hydrogen-bond acceptors (Lipinski definition) is 7. The number of methoxy groups -OCH3 is 2. The summed E-state index contributed by atoms with van der Waals surface area (Å²) in [6.45, 7) is 1.74. The lowest BCUT2D eigenvalue weighted by Crippen LogP contribution is -2.23. The first-order chi connectivity index (χ1) is 12.8. The molecule has 1 aromatic carbocycles. The van der Waals surface area contributed by atoms with Crippen LogP contribution in [0.4, 0.5) is 0 Å². The molecule has 0 spiro atoms. The molecular formula is C19H21N3O3S. The summed E-state index contributed by atoms with van der Waals surface area (Å²) >= 11 is 1.62. The Morgan fingerprint density at radius 1 is 1.23 bits per heavy atom. The summed E-state index contributed by atoms with van der Waals surface area (Å²) in [5.41, 5.74) is 2.07. The fourth-order valence-electron chi connectivity index (χ4n) is 3.46. The van der Waals surface area contributed by atoms with Gasteiger partial charge in [0, 0.05) is 23.1 Å². The molecule has 1 unspecified atom stereocenters. The maximum absolute atomic E-state index is 5.97. The van der Waals surface area contributed by atoms with Crippen molar-refractivity contribution in [1.29, 1.82) is 0 Å². The highest BCUT2D eigenvalue weighted by molar-refractivity contribution is 7.08. The van der Waals surface area contributed by atoms with E-state index in [9.17, 15) is 0 Å². The number of ether oxygens (including phenoxy) is 2.